The lowest BCUT2D eigenvalue weighted by Crippen LogP contribution is -2.23. The Kier molecular flexibility index (Phi) is 6.89. The molecule has 20 heavy (non-hydrogen) atoms. The van der Waals surface area contributed by atoms with E-state index < -0.39 is 0 Å². The Balaban J connectivity index is 1.60. The van der Waals surface area contributed by atoms with Crippen molar-refractivity contribution in [3.05, 3.63) is 29.3 Å². The smallest absolute Gasteiger partial charge is 0.119 e. The van der Waals surface area contributed by atoms with Crippen molar-refractivity contribution in [3.63, 3.8) is 0 Å². The molecule has 0 saturated heterocycles. The summed E-state index contributed by atoms with van der Waals surface area (Å²) >= 11 is 0. The Hall–Kier alpha value is -1.06. The quantitative estimate of drug-likeness (QED) is 0.704. The normalized spacial score (nSPS) is 14.1. The minimum Gasteiger partial charge on any atom is -0.492 e. The molecule has 1 aliphatic carbocycles. The summed E-state index contributed by atoms with van der Waals surface area (Å²) in [4.78, 5) is 0. The Bertz CT molecular complexity index is 393. The topological polar surface area (TPSA) is 30.5 Å². The molecular weight excluding hydrogens is 250 g/mol. The fourth-order valence-electron chi connectivity index (χ4n) is 2.61. The number of fused-ring (bicyclic) bond motifs is 1. The molecule has 0 bridgehead atoms. The van der Waals surface area contributed by atoms with Crippen molar-refractivity contribution in [2.75, 3.05) is 32.9 Å². The van der Waals surface area contributed by atoms with E-state index in [2.05, 4.69) is 23.5 Å². The number of benzene rings is 1. The minimum atomic E-state index is 0.730. The first-order valence-corrected chi connectivity index (χ1v) is 7.93. The molecule has 3 heteroatoms. The molecular formula is C17H27NO2. The molecule has 0 spiro atoms. The zero-order chi connectivity index (χ0) is 14.0. The third kappa shape index (κ3) is 5.14. The Labute approximate surface area is 122 Å². The standard InChI is InChI=1S/C17H27NO2/c1-2-19-12-5-10-18-11-13-20-17-9-8-15-6-3-4-7-16(15)14-17/h8-9,14,18H,2-7,10-13H2,1H3. The maximum Gasteiger partial charge on any atom is 0.119 e. The van der Waals surface area contributed by atoms with Crippen LogP contribution >= 0.6 is 0 Å². The van der Waals surface area contributed by atoms with Gasteiger partial charge in [0.15, 0.2) is 0 Å². The first-order valence-electron chi connectivity index (χ1n) is 7.93. The molecule has 0 unspecified atom stereocenters. The SMILES string of the molecule is CCOCCCNCCOc1ccc2c(c1)CCCC2. The summed E-state index contributed by atoms with van der Waals surface area (Å²) in [6.45, 7) is 6.29. The molecule has 1 N–H and O–H groups in total. The lowest BCUT2D eigenvalue weighted by Gasteiger charge is -2.16. The van der Waals surface area contributed by atoms with E-state index in [4.69, 9.17) is 9.47 Å². The zero-order valence-corrected chi connectivity index (χ0v) is 12.6. The van der Waals surface area contributed by atoms with Crippen LogP contribution in [-0.4, -0.2) is 32.9 Å². The van der Waals surface area contributed by atoms with Crippen molar-refractivity contribution in [3.8, 4) is 5.75 Å². The van der Waals surface area contributed by atoms with Crippen LogP contribution in [0, 0.1) is 0 Å². The first kappa shape index (κ1) is 15.3. The van der Waals surface area contributed by atoms with Crippen LogP contribution < -0.4 is 10.1 Å². The van der Waals surface area contributed by atoms with Crippen LogP contribution in [0.5, 0.6) is 5.75 Å². The highest BCUT2D eigenvalue weighted by molar-refractivity contribution is 5.37. The second-order valence-electron chi connectivity index (χ2n) is 5.29. The summed E-state index contributed by atoms with van der Waals surface area (Å²) in [6.07, 6.45) is 6.16. The molecule has 0 heterocycles. The van der Waals surface area contributed by atoms with Gasteiger partial charge in [0, 0.05) is 19.8 Å². The molecule has 0 amide bonds. The van der Waals surface area contributed by atoms with Crippen molar-refractivity contribution in [2.45, 2.75) is 39.0 Å². The van der Waals surface area contributed by atoms with Crippen LogP contribution in [0.3, 0.4) is 0 Å². The van der Waals surface area contributed by atoms with Gasteiger partial charge in [-0.15, -0.1) is 0 Å². The number of nitrogens with one attached hydrogen (secondary N) is 1. The lowest BCUT2D eigenvalue weighted by molar-refractivity contribution is 0.144. The van der Waals surface area contributed by atoms with Gasteiger partial charge in [0.2, 0.25) is 0 Å². The number of hydrogen-bond donors (Lipinski definition) is 1. The second kappa shape index (κ2) is 8.98. The average Bonchev–Trinajstić information content (AvgIpc) is 2.50. The molecule has 0 radical (unpaired) electrons. The predicted octanol–water partition coefficient (Wildman–Crippen LogP) is 2.96. The monoisotopic (exact) mass is 277 g/mol. The number of rotatable bonds is 9. The van der Waals surface area contributed by atoms with Gasteiger partial charge in [-0.2, -0.15) is 0 Å². The van der Waals surface area contributed by atoms with Crippen LogP contribution in [0.15, 0.2) is 18.2 Å². The van der Waals surface area contributed by atoms with Crippen LogP contribution in [0.4, 0.5) is 0 Å². The van der Waals surface area contributed by atoms with Crippen LogP contribution in [0.25, 0.3) is 0 Å². The van der Waals surface area contributed by atoms with Gasteiger partial charge in [-0.05, 0) is 68.8 Å². The third-order valence-electron chi connectivity index (χ3n) is 3.71. The average molecular weight is 277 g/mol. The van der Waals surface area contributed by atoms with Crippen LogP contribution in [0.1, 0.15) is 37.3 Å². The Morgan fingerprint density at radius 2 is 1.90 bits per heavy atom. The van der Waals surface area contributed by atoms with E-state index >= 15 is 0 Å². The van der Waals surface area contributed by atoms with Gasteiger partial charge >= 0.3 is 0 Å². The molecule has 0 atom stereocenters. The largest absolute Gasteiger partial charge is 0.492 e. The fourth-order valence-corrected chi connectivity index (χ4v) is 2.61. The summed E-state index contributed by atoms with van der Waals surface area (Å²) in [6, 6.07) is 6.57. The van der Waals surface area contributed by atoms with Gasteiger partial charge in [-0.25, -0.2) is 0 Å². The van der Waals surface area contributed by atoms with Crippen LogP contribution in [-0.2, 0) is 17.6 Å². The molecule has 1 aromatic carbocycles. The van der Waals surface area contributed by atoms with Gasteiger partial charge < -0.3 is 14.8 Å². The van der Waals surface area contributed by atoms with Crippen molar-refractivity contribution >= 4 is 0 Å². The zero-order valence-electron chi connectivity index (χ0n) is 12.6. The van der Waals surface area contributed by atoms with Gasteiger partial charge in [0.05, 0.1) is 0 Å². The van der Waals surface area contributed by atoms with E-state index in [1.807, 2.05) is 6.92 Å². The summed E-state index contributed by atoms with van der Waals surface area (Å²) < 4.78 is 11.1. The Morgan fingerprint density at radius 1 is 1.05 bits per heavy atom. The molecule has 0 aliphatic heterocycles. The fraction of sp³-hybridized carbons (Fsp3) is 0.647. The summed E-state index contributed by atoms with van der Waals surface area (Å²) in [5.41, 5.74) is 3.00. The van der Waals surface area contributed by atoms with Crippen molar-refractivity contribution in [1.29, 1.82) is 0 Å². The van der Waals surface area contributed by atoms with E-state index in [0.717, 1.165) is 45.1 Å². The number of aryl methyl sites for hydroxylation is 2. The van der Waals surface area contributed by atoms with Crippen LogP contribution in [0.2, 0.25) is 0 Å². The summed E-state index contributed by atoms with van der Waals surface area (Å²) in [7, 11) is 0. The van der Waals surface area contributed by atoms with E-state index in [1.165, 1.54) is 36.8 Å². The molecule has 1 aliphatic rings. The molecule has 112 valence electrons. The van der Waals surface area contributed by atoms with E-state index in [1.54, 1.807) is 0 Å². The number of ether oxygens (including phenoxy) is 2. The summed E-state index contributed by atoms with van der Waals surface area (Å²) in [5, 5.41) is 3.37. The maximum atomic E-state index is 5.81. The van der Waals surface area contributed by atoms with Crippen molar-refractivity contribution in [2.24, 2.45) is 0 Å². The van der Waals surface area contributed by atoms with E-state index in [-0.39, 0.29) is 0 Å². The minimum absolute atomic E-state index is 0.730. The molecule has 0 saturated carbocycles. The third-order valence-corrected chi connectivity index (χ3v) is 3.71. The maximum absolute atomic E-state index is 5.81. The highest BCUT2D eigenvalue weighted by atomic mass is 16.5. The lowest BCUT2D eigenvalue weighted by atomic mass is 9.92. The van der Waals surface area contributed by atoms with Gasteiger partial charge in [0.25, 0.3) is 0 Å². The van der Waals surface area contributed by atoms with Gasteiger partial charge in [-0.1, -0.05) is 6.07 Å². The van der Waals surface area contributed by atoms with Gasteiger partial charge in [-0.3, -0.25) is 0 Å². The van der Waals surface area contributed by atoms with Crippen molar-refractivity contribution < 1.29 is 9.47 Å². The van der Waals surface area contributed by atoms with E-state index in [0.29, 0.717) is 0 Å². The molecule has 0 aromatic heterocycles. The van der Waals surface area contributed by atoms with Crippen molar-refractivity contribution in [1.82, 2.24) is 5.32 Å². The highest BCUT2D eigenvalue weighted by Gasteiger charge is 2.09. The molecule has 3 nitrogen and oxygen atoms in total. The Morgan fingerprint density at radius 3 is 2.75 bits per heavy atom. The first-order chi connectivity index (χ1) is 9.90. The predicted molar refractivity (Wildman–Crippen MR) is 82.6 cm³/mol. The molecule has 2 rings (SSSR count). The molecule has 0 fully saturated rings. The van der Waals surface area contributed by atoms with E-state index in [9.17, 15) is 0 Å². The van der Waals surface area contributed by atoms with Gasteiger partial charge in [0.1, 0.15) is 12.4 Å². The summed E-state index contributed by atoms with van der Waals surface area (Å²) in [5.74, 6) is 1.02. The highest BCUT2D eigenvalue weighted by Crippen LogP contribution is 2.25. The second-order valence-corrected chi connectivity index (χ2v) is 5.29. The number of hydrogen-bond acceptors (Lipinski definition) is 3. The molecule has 1 aromatic rings.